The van der Waals surface area contributed by atoms with Crippen molar-refractivity contribution in [3.63, 3.8) is 0 Å². The molecule has 28 heavy (non-hydrogen) atoms. The van der Waals surface area contributed by atoms with Gasteiger partial charge in [-0.1, -0.05) is 0 Å². The van der Waals surface area contributed by atoms with Crippen molar-refractivity contribution in [3.05, 3.63) is 17.6 Å². The molecule has 154 valence electrons. The molecule has 0 aromatic carbocycles. The number of thioether (sulfide) groups is 1. The van der Waals surface area contributed by atoms with Crippen LogP contribution in [-0.2, 0) is 14.8 Å². The van der Waals surface area contributed by atoms with Crippen LogP contribution in [0.4, 0.5) is 0 Å². The molecule has 3 aliphatic rings. The molecule has 8 nitrogen and oxygen atoms in total. The van der Waals surface area contributed by atoms with Crippen molar-refractivity contribution >= 4 is 33.6 Å². The van der Waals surface area contributed by atoms with Gasteiger partial charge in [-0.2, -0.15) is 4.31 Å². The van der Waals surface area contributed by atoms with Crippen molar-refractivity contribution < 1.29 is 22.4 Å². The van der Waals surface area contributed by atoms with Crippen LogP contribution in [0.15, 0.2) is 15.4 Å². The second kappa shape index (κ2) is 7.72. The second-order valence-electron chi connectivity index (χ2n) is 7.62. The third-order valence-electron chi connectivity index (χ3n) is 5.47. The second-order valence-corrected chi connectivity index (χ2v) is 10.5. The van der Waals surface area contributed by atoms with Gasteiger partial charge in [0, 0.05) is 31.5 Å². The van der Waals surface area contributed by atoms with Crippen LogP contribution < -0.4 is 5.32 Å². The maximum absolute atomic E-state index is 13.0. The Labute approximate surface area is 169 Å². The minimum atomic E-state index is -3.66. The summed E-state index contributed by atoms with van der Waals surface area (Å²) in [5.41, 5.74) is 0. The zero-order valence-corrected chi connectivity index (χ0v) is 17.5. The number of aryl methyl sites for hydroxylation is 1. The van der Waals surface area contributed by atoms with E-state index in [2.05, 4.69) is 5.32 Å². The van der Waals surface area contributed by atoms with Gasteiger partial charge < -0.3 is 14.6 Å². The maximum atomic E-state index is 13.0. The number of amides is 2. The fourth-order valence-corrected chi connectivity index (χ4v) is 6.41. The Kier molecular flexibility index (Phi) is 5.45. The molecular weight excluding hydrogens is 402 g/mol. The van der Waals surface area contributed by atoms with Gasteiger partial charge in [0.15, 0.2) is 5.76 Å². The lowest BCUT2D eigenvalue weighted by molar-refractivity contribution is -0.124. The Hall–Kier alpha value is -1.52. The molecule has 0 unspecified atom stereocenters. The molecule has 1 aromatic rings. The highest BCUT2D eigenvalue weighted by Crippen LogP contribution is 2.30. The Balaban J connectivity index is 1.50. The van der Waals surface area contributed by atoms with Crippen LogP contribution in [0.5, 0.6) is 0 Å². The van der Waals surface area contributed by atoms with Crippen molar-refractivity contribution in [1.29, 1.82) is 0 Å². The van der Waals surface area contributed by atoms with Crippen LogP contribution in [0.2, 0.25) is 0 Å². The molecule has 2 aliphatic heterocycles. The molecular formula is C18H25N3O5S2. The molecule has 0 spiro atoms. The number of hydrogen-bond acceptors (Lipinski definition) is 6. The van der Waals surface area contributed by atoms with Gasteiger partial charge >= 0.3 is 0 Å². The molecule has 3 fully saturated rings. The van der Waals surface area contributed by atoms with E-state index in [1.165, 1.54) is 27.0 Å². The van der Waals surface area contributed by atoms with Gasteiger partial charge in [0.2, 0.25) is 15.9 Å². The van der Waals surface area contributed by atoms with Gasteiger partial charge in [0.05, 0.1) is 5.88 Å². The van der Waals surface area contributed by atoms with Crippen molar-refractivity contribution in [1.82, 2.24) is 14.5 Å². The average Bonchev–Trinajstić information content (AvgIpc) is 3.11. The van der Waals surface area contributed by atoms with Gasteiger partial charge in [0.1, 0.15) is 16.7 Å². The maximum Gasteiger partial charge on any atom is 0.291 e. The quantitative estimate of drug-likeness (QED) is 0.737. The molecule has 1 atom stereocenters. The largest absolute Gasteiger partial charge is 0.455 e. The molecule has 1 N–H and O–H groups in total. The van der Waals surface area contributed by atoms with Crippen LogP contribution in [0.1, 0.15) is 42.0 Å². The van der Waals surface area contributed by atoms with E-state index in [4.69, 9.17) is 4.42 Å². The highest BCUT2D eigenvalue weighted by atomic mass is 32.2. The van der Waals surface area contributed by atoms with Crippen molar-refractivity contribution in [2.24, 2.45) is 5.92 Å². The van der Waals surface area contributed by atoms with Crippen molar-refractivity contribution in [2.75, 3.05) is 31.3 Å². The highest BCUT2D eigenvalue weighted by Gasteiger charge is 2.38. The molecule has 1 saturated carbocycles. The third kappa shape index (κ3) is 3.81. The van der Waals surface area contributed by atoms with Crippen LogP contribution in [0, 0.1) is 12.8 Å². The first-order valence-corrected chi connectivity index (χ1v) is 12.2. The van der Waals surface area contributed by atoms with Gasteiger partial charge in [-0.25, -0.2) is 8.42 Å². The lowest BCUT2D eigenvalue weighted by Gasteiger charge is -2.22. The van der Waals surface area contributed by atoms with E-state index in [1.54, 1.807) is 6.92 Å². The highest BCUT2D eigenvalue weighted by molar-refractivity contribution is 7.99. The summed E-state index contributed by atoms with van der Waals surface area (Å²) in [4.78, 5) is 26.9. The van der Waals surface area contributed by atoms with E-state index in [0.29, 0.717) is 37.2 Å². The van der Waals surface area contributed by atoms with Crippen LogP contribution in [-0.4, -0.2) is 66.7 Å². The molecule has 1 aliphatic carbocycles. The molecule has 10 heteroatoms. The molecule has 4 rings (SSSR count). The van der Waals surface area contributed by atoms with E-state index < -0.39 is 22.0 Å². The minimum Gasteiger partial charge on any atom is -0.455 e. The molecule has 2 saturated heterocycles. The number of carbonyl (C=O) groups excluding carboxylic acids is 2. The molecule has 2 amide bonds. The van der Waals surface area contributed by atoms with Gasteiger partial charge in [-0.15, -0.1) is 11.8 Å². The SMILES string of the molecule is Cc1oc(C(=O)N2CSC[C@H]2C(=O)NCC2CC2)cc1S(=O)(=O)N1CCCC1. The number of hydrogen-bond donors (Lipinski definition) is 1. The predicted octanol–water partition coefficient (Wildman–Crippen LogP) is 1.41. The molecule has 0 radical (unpaired) electrons. The smallest absolute Gasteiger partial charge is 0.291 e. The molecule has 1 aromatic heterocycles. The average molecular weight is 428 g/mol. The Morgan fingerprint density at radius 1 is 1.29 bits per heavy atom. The van der Waals surface area contributed by atoms with E-state index in [1.807, 2.05) is 0 Å². The summed E-state index contributed by atoms with van der Waals surface area (Å²) >= 11 is 1.50. The Morgan fingerprint density at radius 3 is 2.68 bits per heavy atom. The van der Waals surface area contributed by atoms with E-state index >= 15 is 0 Å². The van der Waals surface area contributed by atoms with Gasteiger partial charge in [-0.05, 0) is 38.5 Å². The third-order valence-corrected chi connectivity index (χ3v) is 8.49. The van der Waals surface area contributed by atoms with Crippen LogP contribution in [0.25, 0.3) is 0 Å². The first-order chi connectivity index (χ1) is 13.4. The van der Waals surface area contributed by atoms with E-state index in [-0.39, 0.29) is 22.3 Å². The summed E-state index contributed by atoms with van der Waals surface area (Å²) < 4.78 is 32.6. The zero-order valence-electron chi connectivity index (χ0n) is 15.8. The number of furan rings is 1. The predicted molar refractivity (Wildman–Crippen MR) is 104 cm³/mol. The Morgan fingerprint density at radius 2 is 2.00 bits per heavy atom. The summed E-state index contributed by atoms with van der Waals surface area (Å²) in [6.07, 6.45) is 3.96. The standard InChI is InChI=1S/C18H25N3O5S2/c1-12-16(28(24,25)20-6-2-3-7-20)8-15(26-12)18(23)21-11-27-10-14(21)17(22)19-9-13-4-5-13/h8,13-14H,2-7,9-11H2,1H3,(H,19,22)/t14-/m0/s1. The molecule has 3 heterocycles. The number of nitrogens with zero attached hydrogens (tertiary/aromatic N) is 2. The minimum absolute atomic E-state index is 0.0298. The number of rotatable bonds is 6. The summed E-state index contributed by atoms with van der Waals surface area (Å²) in [6.45, 7) is 3.18. The van der Waals surface area contributed by atoms with Crippen molar-refractivity contribution in [3.8, 4) is 0 Å². The number of carbonyl (C=O) groups is 2. The van der Waals surface area contributed by atoms with Gasteiger partial charge in [-0.3, -0.25) is 9.59 Å². The fraction of sp³-hybridized carbons (Fsp3) is 0.667. The summed E-state index contributed by atoms with van der Waals surface area (Å²) in [6, 6.07) is 0.758. The van der Waals surface area contributed by atoms with Crippen LogP contribution >= 0.6 is 11.8 Å². The Bertz CT molecular complexity index is 872. The van der Waals surface area contributed by atoms with E-state index in [0.717, 1.165) is 25.7 Å². The lowest BCUT2D eigenvalue weighted by atomic mass is 10.2. The summed E-state index contributed by atoms with van der Waals surface area (Å²) in [7, 11) is -3.66. The van der Waals surface area contributed by atoms with Gasteiger partial charge in [0.25, 0.3) is 5.91 Å². The fourth-order valence-electron chi connectivity index (χ4n) is 3.58. The first-order valence-electron chi connectivity index (χ1n) is 9.65. The molecule has 0 bridgehead atoms. The van der Waals surface area contributed by atoms with Crippen LogP contribution in [0.3, 0.4) is 0 Å². The number of nitrogens with one attached hydrogen (secondary N) is 1. The lowest BCUT2D eigenvalue weighted by Crippen LogP contribution is -2.47. The topological polar surface area (TPSA) is 99.9 Å². The summed E-state index contributed by atoms with van der Waals surface area (Å²) in [5.74, 6) is 1.05. The normalized spacial score (nSPS) is 23.3. The zero-order chi connectivity index (χ0) is 19.9. The van der Waals surface area contributed by atoms with Crippen molar-refractivity contribution in [2.45, 2.75) is 43.5 Å². The first kappa shape index (κ1) is 19.8. The monoisotopic (exact) mass is 427 g/mol. The number of sulfonamides is 1. The summed E-state index contributed by atoms with van der Waals surface area (Å²) in [5, 5.41) is 2.92. The van der Waals surface area contributed by atoms with E-state index in [9.17, 15) is 18.0 Å².